The molecule has 0 saturated heterocycles. The topological polar surface area (TPSA) is 52.6 Å². The molecule has 0 aromatic heterocycles. The molecule has 1 saturated carbocycles. The molecule has 0 radical (unpaired) electrons. The average Bonchev–Trinajstić information content (AvgIpc) is 2.49. The highest BCUT2D eigenvalue weighted by Crippen LogP contribution is 2.64. The van der Waals surface area contributed by atoms with E-state index in [1.165, 1.54) is 0 Å². The normalized spacial score (nSPS) is 30.7. The van der Waals surface area contributed by atoms with E-state index in [1.54, 1.807) is 0 Å². The Morgan fingerprint density at radius 1 is 0.591 bits per heavy atom. The van der Waals surface area contributed by atoms with Gasteiger partial charge in [0.25, 0.3) is 0 Å². The van der Waals surface area contributed by atoms with Crippen LogP contribution in [0.1, 0.15) is 23.0 Å². The lowest BCUT2D eigenvalue weighted by molar-refractivity contribution is -0.165. The van der Waals surface area contributed by atoms with Gasteiger partial charge < -0.3 is 9.47 Å². The van der Waals surface area contributed by atoms with Crippen molar-refractivity contribution in [1.82, 2.24) is 0 Å². The summed E-state index contributed by atoms with van der Waals surface area (Å²) in [7, 11) is 0. The van der Waals surface area contributed by atoms with Crippen LogP contribution >= 0.6 is 0 Å². The molecule has 4 nitrogen and oxygen atoms in total. The van der Waals surface area contributed by atoms with Crippen molar-refractivity contribution >= 4 is 11.9 Å². The van der Waals surface area contributed by atoms with E-state index in [2.05, 4.69) is 0 Å². The highest BCUT2D eigenvalue weighted by atomic mass is 16.5. The Labute approximate surface area is 126 Å². The van der Waals surface area contributed by atoms with E-state index in [1.807, 2.05) is 48.5 Å². The van der Waals surface area contributed by atoms with Crippen molar-refractivity contribution in [2.45, 2.75) is 11.8 Å². The van der Waals surface area contributed by atoms with Crippen molar-refractivity contribution in [2.24, 2.45) is 11.8 Å². The third kappa shape index (κ3) is 1.32. The van der Waals surface area contributed by atoms with Crippen LogP contribution in [0.15, 0.2) is 48.5 Å². The Hall–Kier alpha value is -2.62. The van der Waals surface area contributed by atoms with Gasteiger partial charge in [0.15, 0.2) is 0 Å². The van der Waals surface area contributed by atoms with Gasteiger partial charge in [-0.15, -0.1) is 0 Å². The van der Waals surface area contributed by atoms with Gasteiger partial charge in [0.05, 0.1) is 11.8 Å². The Balaban J connectivity index is 1.71. The van der Waals surface area contributed by atoms with Crippen LogP contribution in [0.3, 0.4) is 0 Å². The second-order valence-corrected chi connectivity index (χ2v) is 6.02. The predicted octanol–water partition coefficient (Wildman–Crippen LogP) is 2.64. The molecule has 0 spiro atoms. The molecule has 0 N–H and O–H groups in total. The molecule has 3 aliphatic rings. The summed E-state index contributed by atoms with van der Waals surface area (Å²) in [6.45, 7) is 0. The zero-order valence-corrected chi connectivity index (χ0v) is 11.6. The number of carbonyl (C=O) groups is 2. The van der Waals surface area contributed by atoms with E-state index in [0.29, 0.717) is 11.5 Å². The van der Waals surface area contributed by atoms with E-state index in [9.17, 15) is 9.59 Å². The number of hydrogen-bond donors (Lipinski definition) is 0. The molecular weight excluding hydrogens is 280 g/mol. The van der Waals surface area contributed by atoms with E-state index < -0.39 is 11.8 Å². The molecule has 1 aliphatic carbocycles. The first-order valence-corrected chi connectivity index (χ1v) is 7.37. The first-order valence-electron chi connectivity index (χ1n) is 7.37. The van der Waals surface area contributed by atoms with Crippen LogP contribution in [-0.4, -0.2) is 11.9 Å². The van der Waals surface area contributed by atoms with Crippen molar-refractivity contribution in [3.8, 4) is 11.5 Å². The second kappa shape index (κ2) is 3.97. The average molecular weight is 292 g/mol. The highest BCUT2D eigenvalue weighted by Gasteiger charge is 2.64. The molecular formula is C18H12O4. The van der Waals surface area contributed by atoms with Crippen LogP contribution in [0.5, 0.6) is 11.5 Å². The van der Waals surface area contributed by atoms with Gasteiger partial charge in [-0.1, -0.05) is 36.4 Å². The molecule has 2 heterocycles. The van der Waals surface area contributed by atoms with Gasteiger partial charge in [-0.25, -0.2) is 0 Å². The number of rotatable bonds is 0. The SMILES string of the molecule is O=C1Oc2ccccc2[C@@H]2[C@@H]1[C@@H]1C(=O)Oc3ccccc3[C@@H]12. The summed E-state index contributed by atoms with van der Waals surface area (Å²) in [5.41, 5.74) is 2.02. The Morgan fingerprint density at radius 3 is 1.45 bits per heavy atom. The maximum absolute atomic E-state index is 12.3. The quantitative estimate of drug-likeness (QED) is 0.553. The number of para-hydroxylation sites is 2. The summed E-state index contributed by atoms with van der Waals surface area (Å²) < 4.78 is 10.8. The van der Waals surface area contributed by atoms with Crippen LogP contribution in [0.4, 0.5) is 0 Å². The molecule has 4 atom stereocenters. The van der Waals surface area contributed by atoms with Crippen LogP contribution in [-0.2, 0) is 9.59 Å². The van der Waals surface area contributed by atoms with Gasteiger partial charge in [-0.3, -0.25) is 9.59 Å². The molecule has 2 aromatic rings. The van der Waals surface area contributed by atoms with Crippen LogP contribution in [0.25, 0.3) is 0 Å². The van der Waals surface area contributed by atoms with Crippen molar-refractivity contribution in [3.05, 3.63) is 59.7 Å². The van der Waals surface area contributed by atoms with Crippen LogP contribution in [0, 0.1) is 11.8 Å². The van der Waals surface area contributed by atoms with Crippen LogP contribution in [0.2, 0.25) is 0 Å². The fourth-order valence-electron chi connectivity index (χ4n) is 4.16. The second-order valence-electron chi connectivity index (χ2n) is 6.02. The summed E-state index contributed by atoms with van der Waals surface area (Å²) in [6.07, 6.45) is 0. The summed E-state index contributed by atoms with van der Waals surface area (Å²) in [5.74, 6) is -0.274. The summed E-state index contributed by atoms with van der Waals surface area (Å²) in [6, 6.07) is 15.2. The Morgan fingerprint density at radius 2 is 1.00 bits per heavy atom. The molecule has 4 heteroatoms. The third-order valence-electron chi connectivity index (χ3n) is 5.07. The first-order chi connectivity index (χ1) is 10.8. The molecule has 1 fully saturated rings. The van der Waals surface area contributed by atoms with Gasteiger partial charge in [-0.05, 0) is 23.3 Å². The van der Waals surface area contributed by atoms with Gasteiger partial charge in [0.1, 0.15) is 11.5 Å². The molecule has 108 valence electrons. The van der Waals surface area contributed by atoms with Gasteiger partial charge in [0.2, 0.25) is 0 Å². The first kappa shape index (κ1) is 12.0. The van der Waals surface area contributed by atoms with Crippen molar-refractivity contribution in [1.29, 1.82) is 0 Å². The maximum atomic E-state index is 12.3. The molecule has 0 bridgehead atoms. The van der Waals surface area contributed by atoms with Gasteiger partial charge in [-0.2, -0.15) is 0 Å². The summed E-state index contributed by atoms with van der Waals surface area (Å²) in [5, 5.41) is 0. The zero-order valence-electron chi connectivity index (χ0n) is 11.6. The minimum absolute atomic E-state index is 0.00329. The number of fused-ring (bicyclic) bond motifs is 8. The number of esters is 2. The van der Waals surface area contributed by atoms with Crippen LogP contribution < -0.4 is 9.47 Å². The van der Waals surface area contributed by atoms with Crippen molar-refractivity contribution in [3.63, 3.8) is 0 Å². The van der Waals surface area contributed by atoms with E-state index >= 15 is 0 Å². The smallest absolute Gasteiger partial charge is 0.315 e. The van der Waals surface area contributed by atoms with E-state index in [0.717, 1.165) is 11.1 Å². The lowest BCUT2D eigenvalue weighted by atomic mass is 9.51. The Bertz CT molecular complexity index is 756. The third-order valence-corrected chi connectivity index (χ3v) is 5.07. The summed E-state index contributed by atoms with van der Waals surface area (Å²) in [4.78, 5) is 24.6. The number of hydrogen-bond acceptors (Lipinski definition) is 4. The molecule has 5 rings (SSSR count). The summed E-state index contributed by atoms with van der Waals surface area (Å²) >= 11 is 0. The minimum Gasteiger partial charge on any atom is -0.426 e. The fourth-order valence-corrected chi connectivity index (χ4v) is 4.16. The standard InChI is InChI=1S/C18H12O4/c19-17-15-13(9-5-1-3-7-11(9)21-17)14-10-6-2-4-8-12(10)22-18(20)16(14)15/h1-8,13-16H/t13-,14+,15-,16-/m1/s1. The molecule has 2 aliphatic heterocycles. The lowest BCUT2D eigenvalue weighted by Crippen LogP contribution is -2.57. The van der Waals surface area contributed by atoms with E-state index in [-0.39, 0.29) is 23.8 Å². The van der Waals surface area contributed by atoms with Crippen molar-refractivity contribution in [2.75, 3.05) is 0 Å². The number of ether oxygens (including phenoxy) is 2. The molecule has 22 heavy (non-hydrogen) atoms. The van der Waals surface area contributed by atoms with Gasteiger partial charge >= 0.3 is 11.9 Å². The zero-order chi connectivity index (χ0) is 14.8. The number of carbonyl (C=O) groups excluding carboxylic acids is 2. The molecule has 0 unspecified atom stereocenters. The van der Waals surface area contributed by atoms with E-state index in [4.69, 9.17) is 9.47 Å². The van der Waals surface area contributed by atoms with Gasteiger partial charge in [0, 0.05) is 11.8 Å². The predicted molar refractivity (Wildman–Crippen MR) is 76.6 cm³/mol. The Kier molecular flexibility index (Phi) is 2.16. The maximum Gasteiger partial charge on any atom is 0.315 e. The monoisotopic (exact) mass is 292 g/mol. The minimum atomic E-state index is -0.430. The largest absolute Gasteiger partial charge is 0.426 e. The van der Waals surface area contributed by atoms with Crippen molar-refractivity contribution < 1.29 is 19.1 Å². The molecule has 0 amide bonds. The molecule has 2 aromatic carbocycles. The lowest BCUT2D eigenvalue weighted by Gasteiger charge is -2.53. The highest BCUT2D eigenvalue weighted by molar-refractivity contribution is 5.92. The fraction of sp³-hybridized carbons (Fsp3) is 0.222. The number of benzene rings is 2.